The van der Waals surface area contributed by atoms with Crippen LogP contribution >= 0.6 is 0 Å². The van der Waals surface area contributed by atoms with Gasteiger partial charge >= 0.3 is 5.97 Å². The molecule has 1 fully saturated rings. The maximum atomic E-state index is 11.8. The van der Waals surface area contributed by atoms with Crippen molar-refractivity contribution in [2.45, 2.75) is 39.1 Å². The molecule has 1 unspecified atom stereocenters. The zero-order valence-corrected chi connectivity index (χ0v) is 13.3. The first-order chi connectivity index (χ1) is 10.7. The van der Waals surface area contributed by atoms with E-state index in [9.17, 15) is 4.79 Å². The van der Waals surface area contributed by atoms with Gasteiger partial charge in [0.1, 0.15) is 0 Å². The molecule has 0 bridgehead atoms. The summed E-state index contributed by atoms with van der Waals surface area (Å²) in [7, 11) is 1.38. The maximum absolute atomic E-state index is 11.8. The number of aryl methyl sites for hydroxylation is 1. The topological polar surface area (TPSA) is 54.0 Å². The zero-order valence-electron chi connectivity index (χ0n) is 13.3. The average Bonchev–Trinajstić information content (AvgIpc) is 2.56. The highest BCUT2D eigenvalue weighted by atomic mass is 16.7. The van der Waals surface area contributed by atoms with E-state index in [2.05, 4.69) is 0 Å². The number of ether oxygens (including phenoxy) is 4. The van der Waals surface area contributed by atoms with Crippen molar-refractivity contribution in [2.75, 3.05) is 26.9 Å². The summed E-state index contributed by atoms with van der Waals surface area (Å²) in [6, 6.07) is 5.55. The first-order valence-corrected chi connectivity index (χ1v) is 7.70. The Labute approximate surface area is 131 Å². The minimum atomic E-state index is -0.339. The molecular formula is C17H24O5. The van der Waals surface area contributed by atoms with Crippen LogP contribution in [-0.4, -0.2) is 39.2 Å². The third-order valence-electron chi connectivity index (χ3n) is 3.73. The van der Waals surface area contributed by atoms with Gasteiger partial charge in [-0.3, -0.25) is 0 Å². The van der Waals surface area contributed by atoms with Crippen LogP contribution in [0.4, 0.5) is 0 Å². The largest absolute Gasteiger partial charge is 0.465 e. The molecule has 122 valence electrons. The molecule has 1 aliphatic heterocycles. The molecule has 1 atom stereocenters. The number of esters is 1. The molecule has 1 aliphatic rings. The lowest BCUT2D eigenvalue weighted by Crippen LogP contribution is -2.24. The van der Waals surface area contributed by atoms with E-state index in [0.29, 0.717) is 25.4 Å². The molecule has 0 saturated carbocycles. The number of carbonyl (C=O) groups is 1. The lowest BCUT2D eigenvalue weighted by atomic mass is 10.0. The number of methoxy groups -OCH3 is 1. The SMILES string of the molecule is COC(=O)c1cccc(C)c1COCCOC1CCCCO1. The summed E-state index contributed by atoms with van der Waals surface area (Å²) < 4.78 is 21.5. The highest BCUT2D eigenvalue weighted by Gasteiger charge is 2.15. The van der Waals surface area contributed by atoms with Gasteiger partial charge in [-0.15, -0.1) is 0 Å². The number of benzene rings is 1. The minimum Gasteiger partial charge on any atom is -0.465 e. The second kappa shape index (κ2) is 8.88. The molecule has 5 heteroatoms. The van der Waals surface area contributed by atoms with Gasteiger partial charge in [-0.25, -0.2) is 4.79 Å². The Morgan fingerprint density at radius 3 is 2.91 bits per heavy atom. The molecule has 0 N–H and O–H groups in total. The van der Waals surface area contributed by atoms with E-state index in [1.807, 2.05) is 19.1 Å². The molecule has 1 aromatic rings. The van der Waals surface area contributed by atoms with Crippen LogP contribution in [0.5, 0.6) is 0 Å². The normalized spacial score (nSPS) is 18.2. The van der Waals surface area contributed by atoms with Crippen molar-refractivity contribution in [3.63, 3.8) is 0 Å². The van der Waals surface area contributed by atoms with Crippen LogP contribution in [0.15, 0.2) is 18.2 Å². The van der Waals surface area contributed by atoms with Crippen molar-refractivity contribution in [1.29, 1.82) is 0 Å². The molecule has 0 aromatic heterocycles. The Morgan fingerprint density at radius 1 is 1.32 bits per heavy atom. The fourth-order valence-corrected chi connectivity index (χ4v) is 2.45. The highest BCUT2D eigenvalue weighted by Crippen LogP contribution is 2.17. The fourth-order valence-electron chi connectivity index (χ4n) is 2.45. The summed E-state index contributed by atoms with van der Waals surface area (Å²) in [4.78, 5) is 11.8. The molecule has 0 spiro atoms. The standard InChI is InChI=1S/C17H24O5/c1-13-6-5-7-14(17(18)19-2)15(13)12-20-10-11-22-16-8-3-4-9-21-16/h5-7,16H,3-4,8-12H2,1-2H3. The van der Waals surface area contributed by atoms with Crippen molar-refractivity contribution in [1.82, 2.24) is 0 Å². The molecule has 1 aromatic carbocycles. The van der Waals surface area contributed by atoms with Gasteiger partial charge in [-0.05, 0) is 43.4 Å². The van der Waals surface area contributed by atoms with Crippen LogP contribution in [-0.2, 0) is 25.6 Å². The second-order valence-corrected chi connectivity index (χ2v) is 5.31. The van der Waals surface area contributed by atoms with Gasteiger partial charge in [0, 0.05) is 6.61 Å². The Balaban J connectivity index is 1.77. The Hall–Kier alpha value is -1.43. The van der Waals surface area contributed by atoms with E-state index in [1.54, 1.807) is 6.07 Å². The number of rotatable bonds is 7. The van der Waals surface area contributed by atoms with Crippen LogP contribution in [0, 0.1) is 6.92 Å². The lowest BCUT2D eigenvalue weighted by Gasteiger charge is -2.22. The van der Waals surface area contributed by atoms with E-state index in [4.69, 9.17) is 18.9 Å². The summed E-state index contributed by atoms with van der Waals surface area (Å²) >= 11 is 0. The lowest BCUT2D eigenvalue weighted by molar-refractivity contribution is -0.169. The molecule has 1 saturated heterocycles. The number of hydrogen-bond donors (Lipinski definition) is 0. The van der Waals surface area contributed by atoms with Crippen molar-refractivity contribution in [3.05, 3.63) is 34.9 Å². The summed E-state index contributed by atoms with van der Waals surface area (Å²) in [6.07, 6.45) is 3.11. The first kappa shape index (κ1) is 16.9. The Morgan fingerprint density at radius 2 is 2.18 bits per heavy atom. The van der Waals surface area contributed by atoms with Crippen LogP contribution in [0.3, 0.4) is 0 Å². The Bertz CT molecular complexity index is 480. The van der Waals surface area contributed by atoms with E-state index in [1.165, 1.54) is 7.11 Å². The highest BCUT2D eigenvalue weighted by molar-refractivity contribution is 5.91. The third kappa shape index (κ3) is 4.80. The quantitative estimate of drug-likeness (QED) is 0.572. The van der Waals surface area contributed by atoms with Gasteiger partial charge in [0.2, 0.25) is 0 Å². The maximum Gasteiger partial charge on any atom is 0.338 e. The molecule has 5 nitrogen and oxygen atoms in total. The van der Waals surface area contributed by atoms with Crippen molar-refractivity contribution in [2.24, 2.45) is 0 Å². The molecule has 2 rings (SSSR count). The van der Waals surface area contributed by atoms with Crippen LogP contribution in [0.2, 0.25) is 0 Å². The predicted octanol–water partition coefficient (Wildman–Crippen LogP) is 2.84. The second-order valence-electron chi connectivity index (χ2n) is 5.31. The van der Waals surface area contributed by atoms with Crippen LogP contribution in [0.1, 0.15) is 40.7 Å². The van der Waals surface area contributed by atoms with Gasteiger partial charge in [0.15, 0.2) is 6.29 Å². The van der Waals surface area contributed by atoms with Crippen molar-refractivity contribution in [3.8, 4) is 0 Å². The smallest absolute Gasteiger partial charge is 0.338 e. The summed E-state index contributed by atoms with van der Waals surface area (Å²) in [6.45, 7) is 4.06. The van der Waals surface area contributed by atoms with Gasteiger partial charge in [0.05, 0.1) is 32.5 Å². The fraction of sp³-hybridized carbons (Fsp3) is 0.588. The first-order valence-electron chi connectivity index (χ1n) is 7.70. The van der Waals surface area contributed by atoms with E-state index in [-0.39, 0.29) is 12.3 Å². The van der Waals surface area contributed by atoms with Crippen LogP contribution < -0.4 is 0 Å². The van der Waals surface area contributed by atoms with Gasteiger partial charge in [-0.1, -0.05) is 12.1 Å². The summed E-state index contributed by atoms with van der Waals surface area (Å²) in [5.74, 6) is -0.339. The van der Waals surface area contributed by atoms with Gasteiger partial charge in [-0.2, -0.15) is 0 Å². The predicted molar refractivity (Wildman–Crippen MR) is 81.7 cm³/mol. The number of carbonyl (C=O) groups excluding carboxylic acids is 1. The van der Waals surface area contributed by atoms with Crippen LogP contribution in [0.25, 0.3) is 0 Å². The van der Waals surface area contributed by atoms with E-state index < -0.39 is 0 Å². The molecule has 0 radical (unpaired) electrons. The number of hydrogen-bond acceptors (Lipinski definition) is 5. The van der Waals surface area contributed by atoms with Crippen molar-refractivity contribution >= 4 is 5.97 Å². The monoisotopic (exact) mass is 308 g/mol. The van der Waals surface area contributed by atoms with E-state index >= 15 is 0 Å². The van der Waals surface area contributed by atoms with Gasteiger partial charge in [0.25, 0.3) is 0 Å². The molecule has 1 heterocycles. The molecule has 22 heavy (non-hydrogen) atoms. The summed E-state index contributed by atoms with van der Waals surface area (Å²) in [5.41, 5.74) is 2.43. The zero-order chi connectivity index (χ0) is 15.8. The molecule has 0 amide bonds. The van der Waals surface area contributed by atoms with E-state index in [0.717, 1.165) is 37.0 Å². The molecular weight excluding hydrogens is 284 g/mol. The summed E-state index contributed by atoms with van der Waals surface area (Å²) in [5, 5.41) is 0. The molecule has 0 aliphatic carbocycles. The average molecular weight is 308 g/mol. The minimum absolute atomic E-state index is 0.0959. The van der Waals surface area contributed by atoms with Gasteiger partial charge < -0.3 is 18.9 Å². The Kier molecular flexibility index (Phi) is 6.83. The third-order valence-corrected chi connectivity index (χ3v) is 3.73. The van der Waals surface area contributed by atoms with Crippen molar-refractivity contribution < 1.29 is 23.7 Å².